The van der Waals surface area contributed by atoms with E-state index in [9.17, 15) is 5.11 Å². The molecule has 0 saturated heterocycles. The summed E-state index contributed by atoms with van der Waals surface area (Å²) in [7, 11) is 0. The van der Waals surface area contributed by atoms with Crippen LogP contribution in [0.2, 0.25) is 0 Å². The number of nitrogen functional groups attached to an aromatic ring is 1. The van der Waals surface area contributed by atoms with Gasteiger partial charge in [-0.25, -0.2) is 4.98 Å². The van der Waals surface area contributed by atoms with E-state index in [1.54, 1.807) is 24.3 Å². The highest BCUT2D eigenvalue weighted by Gasteiger charge is 2.04. The van der Waals surface area contributed by atoms with E-state index in [4.69, 9.17) is 5.73 Å². The average molecular weight is 283 g/mol. The molecule has 4 N–H and O–H groups in total. The van der Waals surface area contributed by atoms with E-state index in [2.05, 4.69) is 10.3 Å². The number of thiazole rings is 1. The van der Waals surface area contributed by atoms with Crippen molar-refractivity contribution in [2.45, 2.75) is 0 Å². The molecule has 5 heteroatoms. The van der Waals surface area contributed by atoms with Gasteiger partial charge in [0.25, 0.3) is 0 Å². The summed E-state index contributed by atoms with van der Waals surface area (Å²) >= 11 is 1.53. The van der Waals surface area contributed by atoms with E-state index in [0.717, 1.165) is 27.8 Å². The zero-order valence-corrected chi connectivity index (χ0v) is 11.4. The number of hydrogen-bond acceptors (Lipinski definition) is 5. The maximum absolute atomic E-state index is 9.25. The molecule has 0 aliphatic rings. The van der Waals surface area contributed by atoms with E-state index < -0.39 is 0 Å². The van der Waals surface area contributed by atoms with E-state index >= 15 is 0 Å². The van der Waals surface area contributed by atoms with Crippen LogP contribution in [-0.4, -0.2) is 10.1 Å². The Labute approximate surface area is 120 Å². The van der Waals surface area contributed by atoms with Crippen molar-refractivity contribution in [3.05, 3.63) is 53.9 Å². The lowest BCUT2D eigenvalue weighted by Crippen LogP contribution is -1.89. The van der Waals surface area contributed by atoms with Crippen LogP contribution in [0.25, 0.3) is 11.3 Å². The average Bonchev–Trinajstić information content (AvgIpc) is 2.91. The maximum Gasteiger partial charge on any atom is 0.187 e. The molecule has 0 atom stereocenters. The normalized spacial score (nSPS) is 10.4. The van der Waals surface area contributed by atoms with Crippen LogP contribution in [0.5, 0.6) is 5.75 Å². The number of nitrogens with two attached hydrogens (primary N) is 1. The molecular formula is C15H13N3OS. The third-order valence-electron chi connectivity index (χ3n) is 2.83. The van der Waals surface area contributed by atoms with Crippen molar-refractivity contribution >= 4 is 27.8 Å². The van der Waals surface area contributed by atoms with Crippen molar-refractivity contribution in [3.63, 3.8) is 0 Å². The van der Waals surface area contributed by atoms with Gasteiger partial charge in [0.2, 0.25) is 0 Å². The number of phenolic OH excluding ortho intramolecular Hbond substituents is 1. The molecule has 0 unspecified atom stereocenters. The van der Waals surface area contributed by atoms with Crippen molar-refractivity contribution in [2.75, 3.05) is 11.1 Å². The second-order valence-corrected chi connectivity index (χ2v) is 5.19. The lowest BCUT2D eigenvalue weighted by Gasteiger charge is -2.02. The molecule has 4 nitrogen and oxygen atoms in total. The smallest absolute Gasteiger partial charge is 0.187 e. The Morgan fingerprint density at radius 1 is 1.00 bits per heavy atom. The number of rotatable bonds is 3. The topological polar surface area (TPSA) is 71.2 Å². The summed E-state index contributed by atoms with van der Waals surface area (Å²) in [5, 5.41) is 15.3. The fourth-order valence-corrected chi connectivity index (χ4v) is 2.53. The van der Waals surface area contributed by atoms with Crippen LogP contribution >= 0.6 is 11.3 Å². The molecule has 3 rings (SSSR count). The Morgan fingerprint density at radius 3 is 2.40 bits per heavy atom. The van der Waals surface area contributed by atoms with E-state index in [-0.39, 0.29) is 5.75 Å². The molecule has 1 aromatic heterocycles. The Hall–Kier alpha value is -2.53. The largest absolute Gasteiger partial charge is 0.508 e. The lowest BCUT2D eigenvalue weighted by molar-refractivity contribution is 0.475. The Kier molecular flexibility index (Phi) is 3.26. The van der Waals surface area contributed by atoms with Gasteiger partial charge < -0.3 is 16.2 Å². The summed E-state index contributed by atoms with van der Waals surface area (Å²) in [5.41, 5.74) is 9.26. The number of benzene rings is 2. The van der Waals surface area contributed by atoms with Crippen LogP contribution in [0.1, 0.15) is 0 Å². The molecular weight excluding hydrogens is 270 g/mol. The van der Waals surface area contributed by atoms with Crippen LogP contribution in [0.15, 0.2) is 53.9 Å². The van der Waals surface area contributed by atoms with Crippen molar-refractivity contribution < 1.29 is 5.11 Å². The number of aromatic nitrogens is 1. The van der Waals surface area contributed by atoms with Gasteiger partial charge in [0.1, 0.15) is 5.75 Å². The monoisotopic (exact) mass is 283 g/mol. The molecule has 1 heterocycles. The third-order valence-corrected chi connectivity index (χ3v) is 3.59. The van der Waals surface area contributed by atoms with Crippen LogP contribution in [0.3, 0.4) is 0 Å². The summed E-state index contributed by atoms with van der Waals surface area (Å²) in [6, 6.07) is 14.5. The molecule has 0 fully saturated rings. The van der Waals surface area contributed by atoms with Gasteiger partial charge in [-0.1, -0.05) is 12.1 Å². The standard InChI is InChI=1S/C15H13N3OS/c16-11-3-1-10(2-4-11)14-9-20-15(18-14)17-12-5-7-13(19)8-6-12/h1-9,19H,16H2,(H,17,18). The first kappa shape index (κ1) is 12.5. The number of nitrogens with zero attached hydrogens (tertiary/aromatic N) is 1. The minimum Gasteiger partial charge on any atom is -0.508 e. The summed E-state index contributed by atoms with van der Waals surface area (Å²) < 4.78 is 0. The Balaban J connectivity index is 1.80. The Morgan fingerprint density at radius 2 is 1.70 bits per heavy atom. The van der Waals surface area contributed by atoms with Crippen LogP contribution in [0.4, 0.5) is 16.5 Å². The number of anilines is 3. The van der Waals surface area contributed by atoms with Gasteiger partial charge in [-0.15, -0.1) is 11.3 Å². The van der Waals surface area contributed by atoms with Gasteiger partial charge >= 0.3 is 0 Å². The quantitative estimate of drug-likeness (QED) is 0.504. The maximum atomic E-state index is 9.25. The summed E-state index contributed by atoms with van der Waals surface area (Å²) in [6.07, 6.45) is 0. The molecule has 20 heavy (non-hydrogen) atoms. The Bertz CT molecular complexity index is 705. The summed E-state index contributed by atoms with van der Waals surface area (Å²) in [4.78, 5) is 4.53. The third kappa shape index (κ3) is 2.73. The molecule has 100 valence electrons. The van der Waals surface area contributed by atoms with E-state index in [0.29, 0.717) is 0 Å². The number of nitrogens with one attached hydrogen (secondary N) is 1. The molecule has 0 saturated carbocycles. The second-order valence-electron chi connectivity index (χ2n) is 4.33. The molecule has 3 aromatic rings. The highest BCUT2D eigenvalue weighted by molar-refractivity contribution is 7.14. The highest BCUT2D eigenvalue weighted by Crippen LogP contribution is 2.28. The van der Waals surface area contributed by atoms with Crippen molar-refractivity contribution in [1.29, 1.82) is 0 Å². The predicted molar refractivity (Wildman–Crippen MR) is 83.4 cm³/mol. The van der Waals surface area contributed by atoms with Crippen LogP contribution in [0, 0.1) is 0 Å². The van der Waals surface area contributed by atoms with E-state index in [1.165, 1.54) is 11.3 Å². The van der Waals surface area contributed by atoms with Crippen LogP contribution in [-0.2, 0) is 0 Å². The molecule has 0 aliphatic carbocycles. The number of hydrogen-bond donors (Lipinski definition) is 3. The first-order valence-corrected chi connectivity index (χ1v) is 6.96. The van der Waals surface area contributed by atoms with Gasteiger partial charge in [0, 0.05) is 22.3 Å². The van der Waals surface area contributed by atoms with Crippen molar-refractivity contribution in [2.24, 2.45) is 0 Å². The second kappa shape index (κ2) is 5.22. The number of phenols is 1. The van der Waals surface area contributed by atoms with Gasteiger partial charge in [0.05, 0.1) is 5.69 Å². The molecule has 0 radical (unpaired) electrons. The molecule has 0 aliphatic heterocycles. The summed E-state index contributed by atoms with van der Waals surface area (Å²) in [6.45, 7) is 0. The predicted octanol–water partition coefficient (Wildman–Crippen LogP) is 3.84. The zero-order chi connectivity index (χ0) is 13.9. The number of aromatic hydroxyl groups is 1. The fourth-order valence-electron chi connectivity index (χ4n) is 1.79. The van der Waals surface area contributed by atoms with Gasteiger partial charge in [-0.3, -0.25) is 0 Å². The molecule has 0 amide bonds. The van der Waals surface area contributed by atoms with Gasteiger partial charge in [0.15, 0.2) is 5.13 Å². The first-order chi connectivity index (χ1) is 9.70. The summed E-state index contributed by atoms with van der Waals surface area (Å²) in [5.74, 6) is 0.247. The van der Waals surface area contributed by atoms with Crippen LogP contribution < -0.4 is 11.1 Å². The van der Waals surface area contributed by atoms with E-state index in [1.807, 2.05) is 29.6 Å². The molecule has 2 aromatic carbocycles. The van der Waals surface area contributed by atoms with Crippen molar-refractivity contribution in [1.82, 2.24) is 4.98 Å². The first-order valence-electron chi connectivity index (χ1n) is 6.08. The molecule has 0 spiro atoms. The minimum absolute atomic E-state index is 0.247. The van der Waals surface area contributed by atoms with Gasteiger partial charge in [-0.2, -0.15) is 0 Å². The minimum atomic E-state index is 0.247. The zero-order valence-electron chi connectivity index (χ0n) is 10.6. The lowest BCUT2D eigenvalue weighted by atomic mass is 10.1. The van der Waals surface area contributed by atoms with Gasteiger partial charge in [-0.05, 0) is 36.4 Å². The SMILES string of the molecule is Nc1ccc(-c2csc(Nc3ccc(O)cc3)n2)cc1. The van der Waals surface area contributed by atoms with Crippen molar-refractivity contribution in [3.8, 4) is 17.0 Å². The molecule has 0 bridgehead atoms. The highest BCUT2D eigenvalue weighted by atomic mass is 32.1. The fraction of sp³-hybridized carbons (Fsp3) is 0.